The SMILES string of the molecule is CCCCOC(=O)N1CCCC1c1ccc([N+](=O)[O-])cc1. The Balaban J connectivity index is 2.03. The number of hydrogen-bond donors (Lipinski definition) is 0. The highest BCUT2D eigenvalue weighted by molar-refractivity contribution is 5.68. The zero-order chi connectivity index (χ0) is 15.2. The first kappa shape index (κ1) is 15.3. The van der Waals surface area contributed by atoms with Gasteiger partial charge < -0.3 is 9.64 Å². The van der Waals surface area contributed by atoms with Crippen LogP contribution in [0.3, 0.4) is 0 Å². The second-order valence-corrected chi connectivity index (χ2v) is 5.17. The van der Waals surface area contributed by atoms with E-state index in [1.165, 1.54) is 12.1 Å². The molecule has 1 atom stereocenters. The molecule has 0 aromatic heterocycles. The molecule has 1 aliphatic heterocycles. The summed E-state index contributed by atoms with van der Waals surface area (Å²) in [6.07, 6.45) is 3.34. The molecule has 1 amide bonds. The first-order valence-corrected chi connectivity index (χ1v) is 7.31. The van der Waals surface area contributed by atoms with Crippen LogP contribution >= 0.6 is 0 Å². The van der Waals surface area contributed by atoms with Crippen LogP contribution in [-0.4, -0.2) is 29.1 Å². The number of nitrogens with zero attached hydrogens (tertiary/aromatic N) is 2. The van der Waals surface area contributed by atoms with Crippen LogP contribution in [0.25, 0.3) is 0 Å². The van der Waals surface area contributed by atoms with E-state index in [-0.39, 0.29) is 17.8 Å². The molecule has 114 valence electrons. The molecule has 0 aliphatic carbocycles. The molecule has 21 heavy (non-hydrogen) atoms. The maximum atomic E-state index is 12.1. The predicted octanol–water partition coefficient (Wildman–Crippen LogP) is 3.67. The van der Waals surface area contributed by atoms with Crippen LogP contribution in [0, 0.1) is 10.1 Å². The van der Waals surface area contributed by atoms with Crippen molar-refractivity contribution in [2.75, 3.05) is 13.2 Å². The van der Waals surface area contributed by atoms with E-state index in [0.717, 1.165) is 31.2 Å². The fraction of sp³-hybridized carbons (Fsp3) is 0.533. The topological polar surface area (TPSA) is 72.7 Å². The summed E-state index contributed by atoms with van der Waals surface area (Å²) < 4.78 is 5.26. The number of benzene rings is 1. The molecule has 1 saturated heterocycles. The average molecular weight is 292 g/mol. The van der Waals surface area contributed by atoms with Crippen molar-refractivity contribution in [1.82, 2.24) is 4.90 Å². The van der Waals surface area contributed by atoms with Gasteiger partial charge in [0.05, 0.1) is 17.6 Å². The van der Waals surface area contributed by atoms with Gasteiger partial charge in [0.1, 0.15) is 0 Å². The summed E-state index contributed by atoms with van der Waals surface area (Å²) in [5, 5.41) is 10.7. The van der Waals surface area contributed by atoms with Gasteiger partial charge in [0.15, 0.2) is 0 Å². The van der Waals surface area contributed by atoms with Gasteiger partial charge in [-0.25, -0.2) is 4.79 Å². The molecule has 6 nitrogen and oxygen atoms in total. The number of unbranched alkanes of at least 4 members (excludes halogenated alkanes) is 1. The van der Waals surface area contributed by atoms with E-state index in [9.17, 15) is 14.9 Å². The fourth-order valence-electron chi connectivity index (χ4n) is 2.54. The van der Waals surface area contributed by atoms with E-state index >= 15 is 0 Å². The predicted molar refractivity (Wildman–Crippen MR) is 78.0 cm³/mol. The third kappa shape index (κ3) is 3.71. The Kier molecular flexibility index (Phi) is 5.14. The number of rotatable bonds is 5. The lowest BCUT2D eigenvalue weighted by Crippen LogP contribution is -2.31. The van der Waals surface area contributed by atoms with Crippen LogP contribution < -0.4 is 0 Å². The van der Waals surface area contributed by atoms with Crippen LogP contribution in [0.2, 0.25) is 0 Å². The smallest absolute Gasteiger partial charge is 0.410 e. The molecule has 2 rings (SSSR count). The Hall–Kier alpha value is -2.11. The molecular formula is C15H20N2O4. The molecule has 0 N–H and O–H groups in total. The highest BCUT2D eigenvalue weighted by atomic mass is 16.6. The molecule has 1 heterocycles. The van der Waals surface area contributed by atoms with E-state index in [1.807, 2.05) is 6.92 Å². The van der Waals surface area contributed by atoms with E-state index in [4.69, 9.17) is 4.74 Å². The van der Waals surface area contributed by atoms with Crippen molar-refractivity contribution in [1.29, 1.82) is 0 Å². The van der Waals surface area contributed by atoms with E-state index < -0.39 is 4.92 Å². The summed E-state index contributed by atoms with van der Waals surface area (Å²) in [5.41, 5.74) is 0.986. The number of carbonyl (C=O) groups excluding carboxylic acids is 1. The molecule has 1 aliphatic rings. The van der Waals surface area contributed by atoms with Gasteiger partial charge in [0.25, 0.3) is 5.69 Å². The molecule has 1 aromatic rings. The average Bonchev–Trinajstić information content (AvgIpc) is 2.97. The van der Waals surface area contributed by atoms with Gasteiger partial charge in [-0.05, 0) is 24.8 Å². The molecule has 1 unspecified atom stereocenters. The first-order chi connectivity index (χ1) is 10.1. The minimum atomic E-state index is -0.421. The molecular weight excluding hydrogens is 272 g/mol. The van der Waals surface area contributed by atoms with E-state index in [0.29, 0.717) is 13.2 Å². The van der Waals surface area contributed by atoms with Crippen molar-refractivity contribution >= 4 is 11.8 Å². The number of amides is 1. The van der Waals surface area contributed by atoms with Crippen molar-refractivity contribution in [3.63, 3.8) is 0 Å². The molecule has 0 bridgehead atoms. The minimum absolute atomic E-state index is 0.0417. The van der Waals surface area contributed by atoms with Gasteiger partial charge in [0, 0.05) is 18.7 Å². The van der Waals surface area contributed by atoms with Crippen molar-refractivity contribution < 1.29 is 14.5 Å². The van der Waals surface area contributed by atoms with Crippen LogP contribution in [0.4, 0.5) is 10.5 Å². The summed E-state index contributed by atoms with van der Waals surface area (Å²) in [6, 6.07) is 6.36. The Bertz CT molecular complexity index is 501. The number of non-ortho nitro benzene ring substituents is 1. The van der Waals surface area contributed by atoms with Crippen LogP contribution in [0.1, 0.15) is 44.2 Å². The van der Waals surface area contributed by atoms with Crippen molar-refractivity contribution in [2.45, 2.75) is 38.6 Å². The van der Waals surface area contributed by atoms with Crippen LogP contribution in [0.5, 0.6) is 0 Å². The molecule has 1 fully saturated rings. The zero-order valence-corrected chi connectivity index (χ0v) is 12.2. The Morgan fingerprint density at radius 1 is 1.43 bits per heavy atom. The maximum Gasteiger partial charge on any atom is 0.410 e. The Morgan fingerprint density at radius 3 is 2.76 bits per heavy atom. The number of likely N-dealkylation sites (tertiary alicyclic amines) is 1. The number of hydrogen-bond acceptors (Lipinski definition) is 4. The molecule has 0 spiro atoms. The first-order valence-electron chi connectivity index (χ1n) is 7.31. The van der Waals surface area contributed by atoms with Crippen molar-refractivity contribution in [2.24, 2.45) is 0 Å². The second-order valence-electron chi connectivity index (χ2n) is 5.17. The summed E-state index contributed by atoms with van der Waals surface area (Å²) >= 11 is 0. The van der Waals surface area contributed by atoms with Crippen molar-refractivity contribution in [3.05, 3.63) is 39.9 Å². The van der Waals surface area contributed by atoms with E-state index in [1.54, 1.807) is 17.0 Å². The Labute approximate surface area is 123 Å². The van der Waals surface area contributed by atoms with Crippen molar-refractivity contribution in [3.8, 4) is 0 Å². The third-order valence-corrected chi connectivity index (χ3v) is 3.70. The van der Waals surface area contributed by atoms with Gasteiger partial charge in [0.2, 0.25) is 0 Å². The maximum absolute atomic E-state index is 12.1. The lowest BCUT2D eigenvalue weighted by Gasteiger charge is -2.24. The standard InChI is InChI=1S/C15H20N2O4/c1-2-3-11-21-15(18)16-10-4-5-14(16)12-6-8-13(9-7-12)17(19)20/h6-9,14H,2-5,10-11H2,1H3. The van der Waals surface area contributed by atoms with Gasteiger partial charge in [-0.3, -0.25) is 10.1 Å². The molecule has 1 aromatic carbocycles. The van der Waals surface area contributed by atoms with E-state index in [2.05, 4.69) is 0 Å². The van der Waals surface area contributed by atoms with Crippen LogP contribution in [0.15, 0.2) is 24.3 Å². The van der Waals surface area contributed by atoms with Crippen LogP contribution in [-0.2, 0) is 4.74 Å². The minimum Gasteiger partial charge on any atom is -0.449 e. The lowest BCUT2D eigenvalue weighted by molar-refractivity contribution is -0.384. The second kappa shape index (κ2) is 7.06. The monoisotopic (exact) mass is 292 g/mol. The normalized spacial score (nSPS) is 17.8. The fourth-order valence-corrected chi connectivity index (χ4v) is 2.54. The van der Waals surface area contributed by atoms with Gasteiger partial charge in [-0.15, -0.1) is 0 Å². The number of carbonyl (C=O) groups is 1. The lowest BCUT2D eigenvalue weighted by atomic mass is 10.0. The third-order valence-electron chi connectivity index (χ3n) is 3.70. The van der Waals surface area contributed by atoms with Gasteiger partial charge in [-0.1, -0.05) is 25.5 Å². The van der Waals surface area contributed by atoms with Gasteiger partial charge >= 0.3 is 6.09 Å². The number of nitro benzene ring substituents is 1. The zero-order valence-electron chi connectivity index (χ0n) is 12.2. The largest absolute Gasteiger partial charge is 0.449 e. The highest BCUT2D eigenvalue weighted by Gasteiger charge is 2.31. The summed E-state index contributed by atoms with van der Waals surface area (Å²) in [5.74, 6) is 0. The Morgan fingerprint density at radius 2 is 2.14 bits per heavy atom. The molecule has 6 heteroatoms. The number of nitro groups is 1. The molecule has 0 saturated carbocycles. The van der Waals surface area contributed by atoms with Gasteiger partial charge in [-0.2, -0.15) is 0 Å². The number of ether oxygens (including phenoxy) is 1. The highest BCUT2D eigenvalue weighted by Crippen LogP contribution is 2.33. The quantitative estimate of drug-likeness (QED) is 0.471. The summed E-state index contributed by atoms with van der Waals surface area (Å²) in [4.78, 5) is 24.0. The molecule has 0 radical (unpaired) electrons. The summed E-state index contributed by atoms with van der Waals surface area (Å²) in [6.45, 7) is 3.16. The summed E-state index contributed by atoms with van der Waals surface area (Å²) in [7, 11) is 0.